The highest BCUT2D eigenvalue weighted by atomic mass is 32.2. The van der Waals surface area contributed by atoms with Crippen molar-refractivity contribution < 1.29 is 23.3 Å². The van der Waals surface area contributed by atoms with E-state index in [0.29, 0.717) is 49.6 Å². The summed E-state index contributed by atoms with van der Waals surface area (Å²) in [5.41, 5.74) is 0.0568. The Hall–Kier alpha value is -2.49. The number of nitrogens with one attached hydrogen (secondary N) is 2. The molecular formula is C26H35N3O5S. The fourth-order valence-electron chi connectivity index (χ4n) is 4.46. The molecule has 2 aromatic carbocycles. The molecule has 2 aliphatic rings. The van der Waals surface area contributed by atoms with Gasteiger partial charge in [-0.05, 0) is 69.4 Å². The minimum Gasteiger partial charge on any atom is -0.444 e. The Morgan fingerprint density at radius 3 is 2.29 bits per heavy atom. The van der Waals surface area contributed by atoms with Gasteiger partial charge in [-0.1, -0.05) is 24.3 Å². The van der Waals surface area contributed by atoms with Crippen molar-refractivity contribution in [3.8, 4) is 0 Å². The third kappa shape index (κ3) is 6.59. The van der Waals surface area contributed by atoms with Crippen LogP contribution in [0, 0.1) is 0 Å². The maximum absolute atomic E-state index is 13.3. The van der Waals surface area contributed by atoms with Gasteiger partial charge in [-0.25, -0.2) is 13.7 Å². The summed E-state index contributed by atoms with van der Waals surface area (Å²) >= 11 is 0. The second-order valence-corrected chi connectivity index (χ2v) is 11.4. The molecule has 2 N–H and O–H groups in total. The summed E-state index contributed by atoms with van der Waals surface area (Å²) in [6.07, 6.45) is 2.69. The molecule has 35 heavy (non-hydrogen) atoms. The van der Waals surface area contributed by atoms with Crippen LogP contribution in [0.5, 0.6) is 0 Å². The molecule has 2 saturated heterocycles. The molecule has 0 aromatic heterocycles. The van der Waals surface area contributed by atoms with E-state index >= 15 is 0 Å². The van der Waals surface area contributed by atoms with Crippen molar-refractivity contribution in [2.24, 2.45) is 0 Å². The highest BCUT2D eigenvalue weighted by Crippen LogP contribution is 2.26. The van der Waals surface area contributed by atoms with Crippen LogP contribution in [0.25, 0.3) is 10.8 Å². The molecule has 2 heterocycles. The maximum Gasteiger partial charge on any atom is 0.410 e. The van der Waals surface area contributed by atoms with Crippen LogP contribution in [0.1, 0.15) is 56.8 Å². The summed E-state index contributed by atoms with van der Waals surface area (Å²) in [5, 5.41) is 4.69. The number of carbonyl (C=O) groups is 2. The predicted octanol–water partition coefficient (Wildman–Crippen LogP) is 3.76. The molecule has 0 saturated carbocycles. The Morgan fingerprint density at radius 2 is 1.63 bits per heavy atom. The highest BCUT2D eigenvalue weighted by molar-refractivity contribution is 7.83. The summed E-state index contributed by atoms with van der Waals surface area (Å²) in [6, 6.07) is 11.2. The molecule has 2 aliphatic heterocycles. The van der Waals surface area contributed by atoms with Crippen molar-refractivity contribution in [2.75, 3.05) is 26.3 Å². The lowest BCUT2D eigenvalue weighted by atomic mass is 10.0. The summed E-state index contributed by atoms with van der Waals surface area (Å²) < 4.78 is 27.4. The van der Waals surface area contributed by atoms with E-state index in [1.165, 1.54) is 0 Å². The minimum atomic E-state index is -1.45. The Kier molecular flexibility index (Phi) is 8.09. The van der Waals surface area contributed by atoms with Crippen LogP contribution in [0.4, 0.5) is 4.79 Å². The first-order valence-corrected chi connectivity index (χ1v) is 13.4. The number of hydrogen-bond acceptors (Lipinski definition) is 5. The van der Waals surface area contributed by atoms with Gasteiger partial charge in [0.2, 0.25) is 0 Å². The molecule has 190 valence electrons. The second-order valence-electron chi connectivity index (χ2n) is 10.1. The minimum absolute atomic E-state index is 0.0183. The van der Waals surface area contributed by atoms with E-state index in [-0.39, 0.29) is 24.1 Å². The topological polar surface area (TPSA) is 97.0 Å². The average molecular weight is 502 g/mol. The van der Waals surface area contributed by atoms with Crippen molar-refractivity contribution in [3.05, 3.63) is 42.0 Å². The Bertz CT molecular complexity index is 1090. The van der Waals surface area contributed by atoms with Crippen LogP contribution in [0.2, 0.25) is 0 Å². The number of ether oxygens (including phenoxy) is 2. The van der Waals surface area contributed by atoms with Gasteiger partial charge in [0, 0.05) is 44.0 Å². The number of rotatable bonds is 5. The lowest BCUT2D eigenvalue weighted by Crippen LogP contribution is -2.46. The Labute approximate surface area is 209 Å². The zero-order valence-corrected chi connectivity index (χ0v) is 21.5. The lowest BCUT2D eigenvalue weighted by molar-refractivity contribution is 0.0203. The van der Waals surface area contributed by atoms with E-state index in [1.807, 2.05) is 45.0 Å². The molecule has 2 fully saturated rings. The number of carbonyl (C=O) groups excluding carboxylic acids is 2. The van der Waals surface area contributed by atoms with E-state index < -0.39 is 16.6 Å². The van der Waals surface area contributed by atoms with Gasteiger partial charge in [0.05, 0.1) is 4.90 Å². The molecule has 4 rings (SSSR count). The normalized spacial score (nSPS) is 18.9. The molecule has 0 aliphatic carbocycles. The molecule has 0 radical (unpaired) electrons. The zero-order chi connectivity index (χ0) is 25.0. The fourth-order valence-corrected chi connectivity index (χ4v) is 5.69. The molecular weight excluding hydrogens is 466 g/mol. The summed E-state index contributed by atoms with van der Waals surface area (Å²) in [5.74, 6) is -0.118. The van der Waals surface area contributed by atoms with Crippen molar-refractivity contribution in [1.82, 2.24) is 14.9 Å². The summed E-state index contributed by atoms with van der Waals surface area (Å²) in [4.78, 5) is 27.7. The number of benzene rings is 2. The van der Waals surface area contributed by atoms with Gasteiger partial charge in [-0.3, -0.25) is 4.79 Å². The van der Waals surface area contributed by atoms with Gasteiger partial charge in [-0.2, -0.15) is 0 Å². The molecule has 8 nitrogen and oxygen atoms in total. The van der Waals surface area contributed by atoms with Crippen LogP contribution < -0.4 is 10.0 Å². The van der Waals surface area contributed by atoms with Gasteiger partial charge in [0.1, 0.15) is 16.6 Å². The lowest BCUT2D eigenvalue weighted by Gasteiger charge is -2.33. The van der Waals surface area contributed by atoms with Crippen molar-refractivity contribution in [1.29, 1.82) is 0 Å². The standard InChI is InChI=1S/C26H35N3O5S/c1-26(2,3)34-25(31)29-14-10-19(11-15-29)28-35(32)23-9-8-22(20-6-4-5-7-21(20)23)24(30)27-18-12-16-33-17-13-18/h4-9,18-19,28H,10-17H2,1-3H3,(H,27,30). The number of fused-ring (bicyclic) bond motifs is 1. The van der Waals surface area contributed by atoms with E-state index in [2.05, 4.69) is 10.0 Å². The number of hydrogen-bond donors (Lipinski definition) is 2. The Morgan fingerprint density at radius 1 is 0.971 bits per heavy atom. The van der Waals surface area contributed by atoms with E-state index in [0.717, 1.165) is 23.6 Å². The van der Waals surface area contributed by atoms with Crippen LogP contribution in [-0.4, -0.2) is 65.1 Å². The SMILES string of the molecule is CC(C)(C)OC(=O)N1CCC(NS(=O)c2ccc(C(=O)NC3CCOCC3)c3ccccc23)CC1. The van der Waals surface area contributed by atoms with E-state index in [4.69, 9.17) is 9.47 Å². The quantitative estimate of drug-likeness (QED) is 0.650. The van der Waals surface area contributed by atoms with E-state index in [9.17, 15) is 13.8 Å². The third-order valence-electron chi connectivity index (χ3n) is 6.31. The van der Waals surface area contributed by atoms with Crippen LogP contribution >= 0.6 is 0 Å². The van der Waals surface area contributed by atoms with Crippen molar-refractivity contribution >= 4 is 33.8 Å². The molecule has 0 spiro atoms. The summed E-state index contributed by atoms with van der Waals surface area (Å²) in [6.45, 7) is 7.98. The molecule has 2 aromatic rings. The van der Waals surface area contributed by atoms with Gasteiger partial charge in [0.25, 0.3) is 5.91 Å². The van der Waals surface area contributed by atoms with Gasteiger partial charge in [-0.15, -0.1) is 0 Å². The fraction of sp³-hybridized carbons (Fsp3) is 0.538. The molecule has 2 amide bonds. The highest BCUT2D eigenvalue weighted by Gasteiger charge is 2.28. The van der Waals surface area contributed by atoms with Crippen LogP contribution in [0.15, 0.2) is 41.3 Å². The first-order valence-electron chi connectivity index (χ1n) is 12.3. The predicted molar refractivity (Wildman–Crippen MR) is 136 cm³/mol. The van der Waals surface area contributed by atoms with E-state index in [1.54, 1.807) is 17.0 Å². The summed E-state index contributed by atoms with van der Waals surface area (Å²) in [7, 11) is -1.45. The first-order chi connectivity index (χ1) is 16.7. The zero-order valence-electron chi connectivity index (χ0n) is 20.7. The van der Waals surface area contributed by atoms with Crippen molar-refractivity contribution in [2.45, 2.75) is 69.0 Å². The average Bonchev–Trinajstić information content (AvgIpc) is 2.83. The number of piperidine rings is 1. The molecule has 0 bridgehead atoms. The van der Waals surface area contributed by atoms with Crippen LogP contribution in [-0.2, 0) is 20.5 Å². The maximum atomic E-state index is 13.3. The van der Waals surface area contributed by atoms with Crippen LogP contribution in [0.3, 0.4) is 0 Å². The smallest absolute Gasteiger partial charge is 0.410 e. The first kappa shape index (κ1) is 25.6. The molecule has 1 unspecified atom stereocenters. The Balaban J connectivity index is 1.42. The number of nitrogens with zero attached hydrogens (tertiary/aromatic N) is 1. The number of likely N-dealkylation sites (tertiary alicyclic amines) is 1. The van der Waals surface area contributed by atoms with Gasteiger partial charge in [0.15, 0.2) is 0 Å². The largest absolute Gasteiger partial charge is 0.444 e. The van der Waals surface area contributed by atoms with Gasteiger partial charge >= 0.3 is 6.09 Å². The molecule has 9 heteroatoms. The second kappa shape index (κ2) is 11.1. The number of amides is 2. The monoisotopic (exact) mass is 501 g/mol. The van der Waals surface area contributed by atoms with Gasteiger partial charge < -0.3 is 19.7 Å². The third-order valence-corrected chi connectivity index (χ3v) is 7.61. The molecule has 1 atom stereocenters. The van der Waals surface area contributed by atoms with Crippen molar-refractivity contribution in [3.63, 3.8) is 0 Å².